The van der Waals surface area contributed by atoms with Crippen molar-refractivity contribution >= 4 is 11.9 Å². The summed E-state index contributed by atoms with van der Waals surface area (Å²) in [6.45, 7) is 1.67. The van der Waals surface area contributed by atoms with E-state index in [4.69, 9.17) is 4.42 Å². The van der Waals surface area contributed by atoms with Gasteiger partial charge in [-0.2, -0.15) is 13.2 Å². The fourth-order valence-electron chi connectivity index (χ4n) is 3.60. The molecule has 1 saturated carbocycles. The van der Waals surface area contributed by atoms with Crippen LogP contribution >= 0.6 is 0 Å². The molecule has 1 spiro atoms. The topological polar surface area (TPSA) is 104 Å². The lowest BCUT2D eigenvalue weighted by Crippen LogP contribution is -2.40. The van der Waals surface area contributed by atoms with Crippen molar-refractivity contribution in [3.05, 3.63) is 28.2 Å². The van der Waals surface area contributed by atoms with Crippen LogP contribution in [-0.4, -0.2) is 51.0 Å². The minimum Gasteiger partial charge on any atom is -0.403 e. The van der Waals surface area contributed by atoms with E-state index in [-0.39, 0.29) is 43.4 Å². The molecule has 0 aromatic carbocycles. The van der Waals surface area contributed by atoms with Crippen LogP contribution in [0.15, 0.2) is 21.3 Å². The standard InChI is InChI=1S/C17H16F5N5O3/c1-8(13(29)27-5-4-15(7-27)6-16(15,18)19)23-14-26-25-12(30-14)9-2-3-10(17(20,21)22)24-11(9)28/h2-3,8H,4-7H2,1H3,(H,23,26)(H,24,28)/t8-,15+/m0/s1. The molecule has 13 heteroatoms. The molecule has 1 saturated heterocycles. The predicted octanol–water partition coefficient (Wildman–Crippen LogP) is 2.50. The van der Waals surface area contributed by atoms with E-state index in [2.05, 4.69) is 15.5 Å². The van der Waals surface area contributed by atoms with Crippen molar-refractivity contribution in [1.29, 1.82) is 0 Å². The number of halogens is 5. The fourth-order valence-corrected chi connectivity index (χ4v) is 3.60. The zero-order chi connectivity index (χ0) is 21.9. The minimum absolute atomic E-state index is 0.0269. The van der Waals surface area contributed by atoms with E-state index >= 15 is 0 Å². The van der Waals surface area contributed by atoms with Crippen molar-refractivity contribution in [3.8, 4) is 11.5 Å². The van der Waals surface area contributed by atoms with Gasteiger partial charge in [0.1, 0.15) is 17.3 Å². The highest BCUT2D eigenvalue weighted by Gasteiger charge is 2.73. The Morgan fingerprint density at radius 3 is 2.60 bits per heavy atom. The summed E-state index contributed by atoms with van der Waals surface area (Å²) >= 11 is 0. The van der Waals surface area contributed by atoms with Gasteiger partial charge in [0.2, 0.25) is 5.91 Å². The normalized spacial score (nSPS) is 23.6. The van der Waals surface area contributed by atoms with Gasteiger partial charge in [0.15, 0.2) is 0 Å². The number of H-pyrrole nitrogens is 1. The van der Waals surface area contributed by atoms with Gasteiger partial charge in [-0.1, -0.05) is 5.10 Å². The van der Waals surface area contributed by atoms with Crippen LogP contribution in [0.4, 0.5) is 28.0 Å². The first kappa shape index (κ1) is 20.3. The third-order valence-electron chi connectivity index (χ3n) is 5.46. The van der Waals surface area contributed by atoms with Crippen LogP contribution in [0.5, 0.6) is 0 Å². The second kappa shape index (κ2) is 6.51. The van der Waals surface area contributed by atoms with Gasteiger partial charge < -0.3 is 19.6 Å². The van der Waals surface area contributed by atoms with Crippen LogP contribution in [0.2, 0.25) is 0 Å². The smallest absolute Gasteiger partial charge is 0.403 e. The lowest BCUT2D eigenvalue weighted by Gasteiger charge is -2.21. The van der Waals surface area contributed by atoms with E-state index < -0.39 is 40.7 Å². The summed E-state index contributed by atoms with van der Waals surface area (Å²) in [6, 6.07) is 0.437. The maximum atomic E-state index is 13.5. The number of likely N-dealkylation sites (tertiary alicyclic amines) is 1. The number of rotatable bonds is 4. The molecular weight excluding hydrogens is 417 g/mol. The van der Waals surface area contributed by atoms with Crippen molar-refractivity contribution < 1.29 is 31.2 Å². The van der Waals surface area contributed by atoms with Crippen LogP contribution < -0.4 is 10.9 Å². The molecule has 1 aliphatic heterocycles. The van der Waals surface area contributed by atoms with E-state index in [9.17, 15) is 31.5 Å². The molecule has 0 unspecified atom stereocenters. The van der Waals surface area contributed by atoms with E-state index in [1.165, 1.54) is 11.8 Å². The molecule has 2 aromatic heterocycles. The zero-order valence-electron chi connectivity index (χ0n) is 15.5. The number of hydrogen-bond acceptors (Lipinski definition) is 6. The summed E-state index contributed by atoms with van der Waals surface area (Å²) in [7, 11) is 0. The number of aromatic nitrogens is 3. The number of anilines is 1. The monoisotopic (exact) mass is 433 g/mol. The van der Waals surface area contributed by atoms with E-state index in [1.54, 1.807) is 4.98 Å². The molecule has 2 atom stereocenters. The SMILES string of the molecule is C[C@H](Nc1nnc(-c2ccc(C(F)(F)F)[nH]c2=O)o1)C(=O)N1CC[C@]2(C1)CC2(F)F. The second-order valence-electron chi connectivity index (χ2n) is 7.56. The number of nitrogens with zero attached hydrogens (tertiary/aromatic N) is 3. The Morgan fingerprint density at radius 1 is 1.33 bits per heavy atom. The number of hydrogen-bond donors (Lipinski definition) is 2. The van der Waals surface area contributed by atoms with Crippen molar-refractivity contribution in [3.63, 3.8) is 0 Å². The van der Waals surface area contributed by atoms with Crippen molar-refractivity contribution in [1.82, 2.24) is 20.1 Å². The third kappa shape index (κ3) is 3.41. The Labute approximate surface area is 165 Å². The molecule has 2 fully saturated rings. The van der Waals surface area contributed by atoms with E-state index in [0.717, 1.165) is 6.07 Å². The number of nitrogens with one attached hydrogen (secondary N) is 2. The van der Waals surface area contributed by atoms with Gasteiger partial charge in [-0.25, -0.2) is 8.78 Å². The summed E-state index contributed by atoms with van der Waals surface area (Å²) in [4.78, 5) is 27.4. The Morgan fingerprint density at radius 2 is 2.03 bits per heavy atom. The number of pyridine rings is 1. The molecular formula is C17H16F5N5O3. The lowest BCUT2D eigenvalue weighted by molar-refractivity contribution is -0.141. The molecule has 30 heavy (non-hydrogen) atoms. The fraction of sp³-hybridized carbons (Fsp3) is 0.529. The first-order valence-corrected chi connectivity index (χ1v) is 8.99. The van der Waals surface area contributed by atoms with Gasteiger partial charge >= 0.3 is 12.2 Å². The number of alkyl halides is 5. The van der Waals surface area contributed by atoms with Crippen LogP contribution in [0.1, 0.15) is 25.5 Å². The average Bonchev–Trinajstić information content (AvgIpc) is 3.04. The van der Waals surface area contributed by atoms with Gasteiger partial charge in [-0.05, 0) is 25.5 Å². The molecule has 8 nitrogen and oxygen atoms in total. The highest BCUT2D eigenvalue weighted by Crippen LogP contribution is 2.65. The Balaban J connectivity index is 1.42. The van der Waals surface area contributed by atoms with E-state index in [1.807, 2.05) is 0 Å². The molecule has 1 aliphatic carbocycles. The van der Waals surface area contributed by atoms with Crippen LogP contribution in [0.25, 0.3) is 11.5 Å². The van der Waals surface area contributed by atoms with Gasteiger partial charge in [0, 0.05) is 19.5 Å². The Kier molecular flexibility index (Phi) is 4.40. The van der Waals surface area contributed by atoms with Gasteiger partial charge in [0.05, 0.1) is 5.41 Å². The molecule has 0 bridgehead atoms. The van der Waals surface area contributed by atoms with Crippen molar-refractivity contribution in [2.75, 3.05) is 18.4 Å². The van der Waals surface area contributed by atoms with Crippen LogP contribution in [0.3, 0.4) is 0 Å². The summed E-state index contributed by atoms with van der Waals surface area (Å²) in [5.41, 5.74) is -3.70. The Hall–Kier alpha value is -2.99. The molecule has 1 amide bonds. The predicted molar refractivity (Wildman–Crippen MR) is 91.6 cm³/mol. The zero-order valence-corrected chi connectivity index (χ0v) is 15.5. The van der Waals surface area contributed by atoms with Gasteiger partial charge in [0.25, 0.3) is 17.4 Å². The quantitative estimate of drug-likeness (QED) is 0.719. The van der Waals surface area contributed by atoms with E-state index in [0.29, 0.717) is 6.07 Å². The number of aromatic amines is 1. The minimum atomic E-state index is -4.71. The summed E-state index contributed by atoms with van der Waals surface area (Å²) in [5, 5.41) is 9.84. The van der Waals surface area contributed by atoms with Gasteiger partial charge in [-0.3, -0.25) is 9.59 Å². The largest absolute Gasteiger partial charge is 0.431 e. The van der Waals surface area contributed by atoms with Crippen molar-refractivity contribution in [2.45, 2.75) is 37.9 Å². The maximum Gasteiger partial charge on any atom is 0.431 e. The molecule has 2 aromatic rings. The second-order valence-corrected chi connectivity index (χ2v) is 7.56. The molecule has 162 valence electrons. The number of carbonyl (C=O) groups is 1. The number of amides is 1. The first-order chi connectivity index (χ1) is 13.9. The maximum absolute atomic E-state index is 13.5. The Bertz CT molecular complexity index is 1050. The van der Waals surface area contributed by atoms with Crippen molar-refractivity contribution in [2.24, 2.45) is 5.41 Å². The summed E-state index contributed by atoms with van der Waals surface area (Å²) in [6.07, 6.45) is -4.70. The van der Waals surface area contributed by atoms with Crippen LogP contribution in [0, 0.1) is 5.41 Å². The molecule has 2 aliphatic rings. The molecule has 3 heterocycles. The highest BCUT2D eigenvalue weighted by molar-refractivity contribution is 5.84. The average molecular weight is 433 g/mol. The number of carbonyl (C=O) groups excluding carboxylic acids is 1. The molecule has 0 radical (unpaired) electrons. The molecule has 2 N–H and O–H groups in total. The first-order valence-electron chi connectivity index (χ1n) is 8.99. The third-order valence-corrected chi connectivity index (χ3v) is 5.46. The van der Waals surface area contributed by atoms with Gasteiger partial charge in [-0.15, -0.1) is 5.10 Å². The summed E-state index contributed by atoms with van der Waals surface area (Å²) < 4.78 is 70.1. The molecule has 4 rings (SSSR count). The van der Waals surface area contributed by atoms with Crippen LogP contribution in [-0.2, 0) is 11.0 Å². The summed E-state index contributed by atoms with van der Waals surface area (Å²) in [5.74, 6) is -3.51. The highest BCUT2D eigenvalue weighted by atomic mass is 19.4. The lowest BCUT2D eigenvalue weighted by atomic mass is 10.1.